The summed E-state index contributed by atoms with van der Waals surface area (Å²) in [7, 11) is 0. The molecule has 0 unspecified atom stereocenters. The molecule has 0 radical (unpaired) electrons. The van der Waals surface area contributed by atoms with Crippen molar-refractivity contribution in [3.63, 3.8) is 0 Å². The van der Waals surface area contributed by atoms with Crippen molar-refractivity contribution in [2.75, 3.05) is 24.7 Å². The summed E-state index contributed by atoms with van der Waals surface area (Å²) in [5.41, 5.74) is 10.5. The third kappa shape index (κ3) is 5.97. The molecule has 0 amide bonds. The summed E-state index contributed by atoms with van der Waals surface area (Å²) in [4.78, 5) is 11.6. The maximum Gasteiger partial charge on any atom is 0.0737 e. The van der Waals surface area contributed by atoms with Crippen molar-refractivity contribution in [1.82, 2.24) is 9.97 Å². The van der Waals surface area contributed by atoms with E-state index in [-0.39, 0.29) is 0 Å². The average Bonchev–Trinajstić information content (AvgIpc) is 2.79. The van der Waals surface area contributed by atoms with E-state index in [1.807, 2.05) is 31.3 Å². The number of nitrogens with zero attached hydrogens (tertiary/aromatic N) is 3. The fourth-order valence-corrected chi connectivity index (χ4v) is 4.79. The van der Waals surface area contributed by atoms with Crippen molar-refractivity contribution < 1.29 is 4.74 Å². The minimum Gasteiger partial charge on any atom is -0.380 e. The van der Waals surface area contributed by atoms with Crippen molar-refractivity contribution in [1.29, 1.82) is 0 Å². The number of halogens is 1. The lowest BCUT2D eigenvalue weighted by atomic mass is 9.90. The van der Waals surface area contributed by atoms with E-state index in [2.05, 4.69) is 39.1 Å². The quantitative estimate of drug-likeness (QED) is 0.445. The topological polar surface area (TPSA) is 64.3 Å². The molecule has 1 aromatic carbocycles. The molecule has 170 valence electrons. The van der Waals surface area contributed by atoms with E-state index in [0.29, 0.717) is 23.7 Å². The zero-order valence-electron chi connectivity index (χ0n) is 18.8. The van der Waals surface area contributed by atoms with E-state index < -0.39 is 0 Å². The minimum atomic E-state index is 0.326. The first-order valence-corrected chi connectivity index (χ1v) is 12.0. The Morgan fingerprint density at radius 2 is 1.94 bits per heavy atom. The van der Waals surface area contributed by atoms with Crippen LogP contribution in [0.2, 0.25) is 5.02 Å². The van der Waals surface area contributed by atoms with Gasteiger partial charge < -0.3 is 15.4 Å². The third-order valence-corrected chi connectivity index (χ3v) is 6.55. The van der Waals surface area contributed by atoms with Gasteiger partial charge in [0.15, 0.2) is 0 Å². The number of nitrogens with two attached hydrogens (primary N) is 1. The summed E-state index contributed by atoms with van der Waals surface area (Å²) in [5.74, 6) is 0. The minimum absolute atomic E-state index is 0.326. The molecule has 1 fully saturated rings. The Kier molecular flexibility index (Phi) is 7.95. The van der Waals surface area contributed by atoms with Gasteiger partial charge in [-0.1, -0.05) is 17.7 Å². The average molecular weight is 453 g/mol. The molecule has 2 N–H and O–H groups in total. The lowest BCUT2D eigenvalue weighted by molar-refractivity contribution is 0.135. The summed E-state index contributed by atoms with van der Waals surface area (Å²) >= 11 is 6.21. The fourth-order valence-electron chi connectivity index (χ4n) is 4.63. The molecule has 2 heterocycles. The summed E-state index contributed by atoms with van der Waals surface area (Å²) in [5, 5.41) is 1.85. The molecule has 0 aliphatic heterocycles. The zero-order chi connectivity index (χ0) is 22.3. The van der Waals surface area contributed by atoms with Crippen LogP contribution in [0.25, 0.3) is 10.9 Å². The van der Waals surface area contributed by atoms with Crippen LogP contribution in [0, 0.1) is 6.92 Å². The van der Waals surface area contributed by atoms with Gasteiger partial charge in [-0.15, -0.1) is 0 Å². The Morgan fingerprint density at radius 1 is 1.09 bits per heavy atom. The number of hydrogen-bond donors (Lipinski definition) is 1. The van der Waals surface area contributed by atoms with Crippen LogP contribution in [0.5, 0.6) is 0 Å². The van der Waals surface area contributed by atoms with E-state index in [1.54, 1.807) is 0 Å². The van der Waals surface area contributed by atoms with Gasteiger partial charge in [0.2, 0.25) is 0 Å². The summed E-state index contributed by atoms with van der Waals surface area (Å²) in [6.45, 7) is 4.32. The Morgan fingerprint density at radius 3 is 2.75 bits per heavy atom. The van der Waals surface area contributed by atoms with E-state index >= 15 is 0 Å². The Hall–Kier alpha value is -2.21. The van der Waals surface area contributed by atoms with Crippen LogP contribution in [0.3, 0.4) is 0 Å². The number of anilines is 1. The monoisotopic (exact) mass is 452 g/mol. The molecule has 1 saturated carbocycles. The van der Waals surface area contributed by atoms with Crippen molar-refractivity contribution in [2.24, 2.45) is 5.73 Å². The van der Waals surface area contributed by atoms with Crippen LogP contribution in [0.4, 0.5) is 5.69 Å². The van der Waals surface area contributed by atoms with Gasteiger partial charge in [0.1, 0.15) is 0 Å². The number of ether oxygens (including phenoxy) is 1. The van der Waals surface area contributed by atoms with Gasteiger partial charge in [-0.25, -0.2) is 0 Å². The first-order valence-electron chi connectivity index (χ1n) is 11.7. The Bertz CT molecular complexity index is 1020. The second-order valence-corrected chi connectivity index (χ2v) is 9.18. The van der Waals surface area contributed by atoms with Crippen LogP contribution >= 0.6 is 11.6 Å². The first-order chi connectivity index (χ1) is 15.6. The highest BCUT2D eigenvalue weighted by molar-refractivity contribution is 6.31. The van der Waals surface area contributed by atoms with Gasteiger partial charge in [0.25, 0.3) is 0 Å². The Labute approximate surface area is 195 Å². The van der Waals surface area contributed by atoms with E-state index in [9.17, 15) is 0 Å². The molecule has 6 heteroatoms. The summed E-state index contributed by atoms with van der Waals surface area (Å²) in [6.07, 6.45) is 8.16. The molecule has 0 spiro atoms. The number of hydrogen-bond acceptors (Lipinski definition) is 5. The van der Waals surface area contributed by atoms with Gasteiger partial charge >= 0.3 is 0 Å². The van der Waals surface area contributed by atoms with Gasteiger partial charge in [-0.05, 0) is 81.8 Å². The van der Waals surface area contributed by atoms with Gasteiger partial charge in [0.05, 0.1) is 12.1 Å². The van der Waals surface area contributed by atoms with Crippen molar-refractivity contribution in [3.8, 4) is 0 Å². The van der Waals surface area contributed by atoms with Crippen molar-refractivity contribution in [3.05, 3.63) is 65.1 Å². The predicted molar refractivity (Wildman–Crippen MR) is 132 cm³/mol. The largest absolute Gasteiger partial charge is 0.380 e. The molecular weight excluding hydrogens is 420 g/mol. The van der Waals surface area contributed by atoms with E-state index in [1.165, 1.54) is 5.69 Å². The molecule has 4 rings (SSSR count). The highest BCUT2D eigenvalue weighted by Crippen LogP contribution is 2.32. The van der Waals surface area contributed by atoms with Crippen molar-refractivity contribution in [2.45, 2.75) is 57.5 Å². The lowest BCUT2D eigenvalue weighted by Gasteiger charge is -2.38. The van der Waals surface area contributed by atoms with Crippen LogP contribution in [-0.2, 0) is 11.2 Å². The molecular formula is C26H33ClN4O. The molecule has 0 saturated heterocycles. The zero-order valence-corrected chi connectivity index (χ0v) is 19.6. The maximum absolute atomic E-state index is 6.21. The summed E-state index contributed by atoms with van der Waals surface area (Å²) < 4.78 is 6.05. The van der Waals surface area contributed by atoms with Crippen LogP contribution in [-0.4, -0.2) is 41.8 Å². The molecule has 1 aliphatic rings. The number of pyridine rings is 2. The molecule has 5 nitrogen and oxygen atoms in total. The molecule has 3 aromatic rings. The summed E-state index contributed by atoms with van der Waals surface area (Å²) in [6, 6.07) is 15.1. The number of rotatable bonds is 9. The highest BCUT2D eigenvalue weighted by Gasteiger charge is 2.25. The number of fused-ring (bicyclic) bond motifs is 1. The highest BCUT2D eigenvalue weighted by atomic mass is 35.5. The smallest absolute Gasteiger partial charge is 0.0737 e. The van der Waals surface area contributed by atoms with Gasteiger partial charge in [-0.2, -0.15) is 0 Å². The Balaban J connectivity index is 1.39. The second-order valence-electron chi connectivity index (χ2n) is 8.74. The number of benzene rings is 1. The standard InChI is InChI=1S/C26H33ClN4O/c1-19-4-2-5-22(30-19)6-3-16-32-17-15-31(23-10-8-21(28)9-11-23)26-13-14-29-25-18-20(27)7-12-24(25)26/h2,4-5,7,12-14,18,21,23H,3,6,8-11,15-17,28H2,1H3. The molecule has 2 aromatic heterocycles. The molecule has 32 heavy (non-hydrogen) atoms. The lowest BCUT2D eigenvalue weighted by Crippen LogP contribution is -2.42. The maximum atomic E-state index is 6.21. The first kappa shape index (κ1) is 23.0. The third-order valence-electron chi connectivity index (χ3n) is 6.32. The number of aromatic nitrogens is 2. The molecule has 0 atom stereocenters. The van der Waals surface area contributed by atoms with Crippen LogP contribution < -0.4 is 10.6 Å². The van der Waals surface area contributed by atoms with Gasteiger partial charge in [0, 0.05) is 58.9 Å². The van der Waals surface area contributed by atoms with Crippen LogP contribution in [0.15, 0.2) is 48.7 Å². The van der Waals surface area contributed by atoms with Crippen molar-refractivity contribution >= 4 is 28.2 Å². The fraction of sp³-hybridized carbons (Fsp3) is 0.462. The second kappa shape index (κ2) is 11.1. The molecule has 1 aliphatic carbocycles. The van der Waals surface area contributed by atoms with E-state index in [0.717, 1.165) is 74.0 Å². The van der Waals surface area contributed by atoms with Gasteiger partial charge in [-0.3, -0.25) is 9.97 Å². The van der Waals surface area contributed by atoms with Crippen LogP contribution in [0.1, 0.15) is 43.5 Å². The SMILES string of the molecule is Cc1cccc(CCCOCCN(c2ccnc3cc(Cl)ccc23)C2CCC(N)CC2)n1. The molecule has 0 bridgehead atoms. The predicted octanol–water partition coefficient (Wildman–Crippen LogP) is 5.32. The number of aryl methyl sites for hydroxylation is 2. The van der Waals surface area contributed by atoms with E-state index in [4.69, 9.17) is 22.1 Å². The normalized spacial score (nSPS) is 18.7.